The summed E-state index contributed by atoms with van der Waals surface area (Å²) in [6.45, 7) is -0.0554. The van der Waals surface area contributed by atoms with Crippen molar-refractivity contribution in [1.29, 1.82) is 0 Å². The number of carbonyl (C=O) groups is 3. The summed E-state index contributed by atoms with van der Waals surface area (Å²) in [5.41, 5.74) is 0. The molecule has 3 amide bonds. The van der Waals surface area contributed by atoms with Crippen molar-refractivity contribution in [3.05, 3.63) is 0 Å². The van der Waals surface area contributed by atoms with E-state index < -0.39 is 18.1 Å². The third kappa shape index (κ3) is 7.44. The van der Waals surface area contributed by atoms with Gasteiger partial charge < -0.3 is 25.4 Å². The van der Waals surface area contributed by atoms with E-state index in [4.69, 9.17) is 9.84 Å². The second kappa shape index (κ2) is 8.29. The lowest BCUT2D eigenvalue weighted by Gasteiger charge is -2.15. The maximum Gasteiger partial charge on any atom is 0.315 e. The first kappa shape index (κ1) is 16.2. The number of nitrogens with zero attached hydrogens (tertiary/aromatic N) is 1. The van der Waals surface area contributed by atoms with Gasteiger partial charge in [-0.05, 0) is 0 Å². The second-order valence-electron chi connectivity index (χ2n) is 3.81. The Morgan fingerprint density at radius 1 is 1.28 bits per heavy atom. The Hall–Kier alpha value is -1.83. The van der Waals surface area contributed by atoms with Crippen molar-refractivity contribution in [2.75, 3.05) is 34.3 Å². The molecule has 8 nitrogen and oxygen atoms in total. The Kier molecular flexibility index (Phi) is 7.45. The van der Waals surface area contributed by atoms with Gasteiger partial charge in [0.2, 0.25) is 5.91 Å². The van der Waals surface area contributed by atoms with E-state index in [0.717, 1.165) is 0 Å². The Bertz CT molecular complexity index is 306. The number of rotatable bonds is 7. The van der Waals surface area contributed by atoms with Gasteiger partial charge in [0.25, 0.3) is 0 Å². The third-order valence-electron chi connectivity index (χ3n) is 2.12. The first-order valence-electron chi connectivity index (χ1n) is 5.33. The first-order valence-corrected chi connectivity index (χ1v) is 5.33. The number of carboxylic acid groups (broad SMARTS) is 1. The van der Waals surface area contributed by atoms with Gasteiger partial charge in [-0.25, -0.2) is 4.79 Å². The highest BCUT2D eigenvalue weighted by molar-refractivity contribution is 5.83. The van der Waals surface area contributed by atoms with Crippen molar-refractivity contribution in [3.8, 4) is 0 Å². The van der Waals surface area contributed by atoms with Crippen LogP contribution in [-0.4, -0.2) is 68.3 Å². The summed E-state index contributed by atoms with van der Waals surface area (Å²) in [6.07, 6.45) is -0.800. The summed E-state index contributed by atoms with van der Waals surface area (Å²) in [4.78, 5) is 34.2. The summed E-state index contributed by atoms with van der Waals surface area (Å²) in [5, 5.41) is 13.3. The molecule has 3 N–H and O–H groups in total. The van der Waals surface area contributed by atoms with Crippen LogP contribution in [-0.2, 0) is 14.3 Å². The smallest absolute Gasteiger partial charge is 0.315 e. The molecular weight excluding hydrogens is 242 g/mol. The van der Waals surface area contributed by atoms with Gasteiger partial charge in [0.15, 0.2) is 0 Å². The zero-order chi connectivity index (χ0) is 14.1. The number of likely N-dealkylation sites (N-methyl/N-ethyl adjacent to an activating group) is 1. The number of urea groups is 1. The number of hydrogen-bond donors (Lipinski definition) is 3. The van der Waals surface area contributed by atoms with Crippen LogP contribution in [0.25, 0.3) is 0 Å². The fourth-order valence-corrected chi connectivity index (χ4v) is 1.02. The summed E-state index contributed by atoms with van der Waals surface area (Å²) in [5.74, 6) is -1.24. The van der Waals surface area contributed by atoms with Crippen LogP contribution in [0.4, 0.5) is 4.79 Å². The third-order valence-corrected chi connectivity index (χ3v) is 2.12. The van der Waals surface area contributed by atoms with E-state index in [2.05, 4.69) is 10.6 Å². The number of amides is 3. The van der Waals surface area contributed by atoms with Crippen LogP contribution >= 0.6 is 0 Å². The minimum absolute atomic E-state index is 0.0603. The van der Waals surface area contributed by atoms with Crippen LogP contribution in [0.5, 0.6) is 0 Å². The van der Waals surface area contributed by atoms with Crippen LogP contribution in [0, 0.1) is 0 Å². The van der Waals surface area contributed by atoms with Gasteiger partial charge >= 0.3 is 12.0 Å². The highest BCUT2D eigenvalue weighted by Gasteiger charge is 2.13. The van der Waals surface area contributed by atoms with Crippen LogP contribution in [0.15, 0.2) is 0 Å². The molecule has 0 fully saturated rings. The van der Waals surface area contributed by atoms with Crippen LogP contribution in [0.2, 0.25) is 0 Å². The predicted molar refractivity (Wildman–Crippen MR) is 63.1 cm³/mol. The summed E-state index contributed by atoms with van der Waals surface area (Å²) >= 11 is 0. The molecule has 8 heteroatoms. The average Bonchev–Trinajstić information content (AvgIpc) is 2.30. The van der Waals surface area contributed by atoms with E-state index in [0.29, 0.717) is 0 Å². The topological polar surface area (TPSA) is 108 Å². The summed E-state index contributed by atoms with van der Waals surface area (Å²) in [7, 11) is 4.52. The van der Waals surface area contributed by atoms with Crippen molar-refractivity contribution in [2.45, 2.75) is 12.5 Å². The first-order chi connectivity index (χ1) is 8.36. The molecule has 0 saturated carbocycles. The number of nitrogens with one attached hydrogen (secondary N) is 2. The van der Waals surface area contributed by atoms with Crippen LogP contribution in [0.3, 0.4) is 0 Å². The van der Waals surface area contributed by atoms with Crippen molar-refractivity contribution in [1.82, 2.24) is 15.5 Å². The lowest BCUT2D eigenvalue weighted by atomic mass is 10.2. The molecule has 0 spiro atoms. The van der Waals surface area contributed by atoms with E-state index in [1.54, 1.807) is 14.1 Å². The minimum atomic E-state index is -1.01. The van der Waals surface area contributed by atoms with Crippen LogP contribution < -0.4 is 10.6 Å². The fraction of sp³-hybridized carbons (Fsp3) is 0.700. The lowest BCUT2D eigenvalue weighted by molar-refractivity contribution is -0.139. The molecule has 0 bridgehead atoms. The molecule has 0 aromatic carbocycles. The number of carbonyl (C=O) groups excluding carboxylic acids is 2. The molecular formula is C10H19N3O5. The summed E-state index contributed by atoms with van der Waals surface area (Å²) in [6, 6.07) is -0.544. The standard InChI is InChI=1S/C10H19N3O5/c1-13(2)8(14)6-12-10(17)11-5-7(18-3)4-9(15)16/h7H,4-6H2,1-3H3,(H,15,16)(H2,11,12,17). The van der Waals surface area contributed by atoms with E-state index in [1.165, 1.54) is 12.0 Å². The molecule has 0 heterocycles. The van der Waals surface area contributed by atoms with Gasteiger partial charge in [0, 0.05) is 27.7 Å². The van der Waals surface area contributed by atoms with E-state index >= 15 is 0 Å². The van der Waals surface area contributed by atoms with Gasteiger partial charge in [-0.1, -0.05) is 0 Å². The highest BCUT2D eigenvalue weighted by Crippen LogP contribution is 1.95. The molecule has 0 radical (unpaired) electrons. The Morgan fingerprint density at radius 3 is 2.33 bits per heavy atom. The van der Waals surface area contributed by atoms with Gasteiger partial charge in [-0.3, -0.25) is 9.59 Å². The van der Waals surface area contributed by atoms with Crippen molar-refractivity contribution >= 4 is 17.9 Å². The average molecular weight is 261 g/mol. The number of carboxylic acids is 1. The predicted octanol–water partition coefficient (Wildman–Crippen LogP) is -1.14. The number of methoxy groups -OCH3 is 1. The highest BCUT2D eigenvalue weighted by atomic mass is 16.5. The van der Waals surface area contributed by atoms with Crippen molar-refractivity contribution in [3.63, 3.8) is 0 Å². The molecule has 0 aliphatic carbocycles. The van der Waals surface area contributed by atoms with Gasteiger partial charge in [-0.2, -0.15) is 0 Å². The Labute approximate surface area is 105 Å². The molecule has 0 aliphatic heterocycles. The zero-order valence-corrected chi connectivity index (χ0v) is 10.7. The van der Waals surface area contributed by atoms with Gasteiger partial charge in [0.05, 0.1) is 19.1 Å². The maximum absolute atomic E-state index is 11.3. The largest absolute Gasteiger partial charge is 0.481 e. The van der Waals surface area contributed by atoms with Crippen LogP contribution in [0.1, 0.15) is 6.42 Å². The zero-order valence-electron chi connectivity index (χ0n) is 10.7. The molecule has 0 aromatic heterocycles. The van der Waals surface area contributed by atoms with E-state index in [1.807, 2.05) is 0 Å². The van der Waals surface area contributed by atoms with E-state index in [-0.39, 0.29) is 25.4 Å². The quantitative estimate of drug-likeness (QED) is 0.537. The van der Waals surface area contributed by atoms with Gasteiger partial charge in [-0.15, -0.1) is 0 Å². The minimum Gasteiger partial charge on any atom is -0.481 e. The molecule has 18 heavy (non-hydrogen) atoms. The van der Waals surface area contributed by atoms with Crippen molar-refractivity contribution < 1.29 is 24.2 Å². The molecule has 1 unspecified atom stereocenters. The van der Waals surface area contributed by atoms with E-state index in [9.17, 15) is 14.4 Å². The monoisotopic (exact) mass is 261 g/mol. The fourth-order valence-electron chi connectivity index (χ4n) is 1.02. The molecule has 104 valence electrons. The Morgan fingerprint density at radius 2 is 1.89 bits per heavy atom. The molecule has 0 rings (SSSR count). The molecule has 0 aromatic rings. The van der Waals surface area contributed by atoms with Crippen molar-refractivity contribution in [2.24, 2.45) is 0 Å². The summed E-state index contributed by atoms with van der Waals surface area (Å²) < 4.78 is 4.88. The Balaban J connectivity index is 3.88. The number of ether oxygens (including phenoxy) is 1. The molecule has 0 aliphatic rings. The SMILES string of the molecule is COC(CNC(=O)NCC(=O)N(C)C)CC(=O)O. The maximum atomic E-state index is 11.3. The normalized spacial score (nSPS) is 11.5. The second-order valence-corrected chi connectivity index (χ2v) is 3.81. The lowest BCUT2D eigenvalue weighted by Crippen LogP contribution is -2.44. The number of aliphatic carboxylic acids is 1. The molecule has 0 saturated heterocycles. The molecule has 1 atom stereocenters. The van der Waals surface area contributed by atoms with Gasteiger partial charge in [0.1, 0.15) is 0 Å². The number of hydrogen-bond acceptors (Lipinski definition) is 4.